The third-order valence-electron chi connectivity index (χ3n) is 7.41. The molecule has 2 aromatic carbocycles. The smallest absolute Gasteiger partial charge is 0.243 e. The fraction of sp³-hybridized carbons (Fsp3) is 0.533. The highest BCUT2D eigenvalue weighted by atomic mass is 35.5. The van der Waals surface area contributed by atoms with Crippen molar-refractivity contribution in [2.45, 2.75) is 83.7 Å². The first-order valence-electron chi connectivity index (χ1n) is 14.0. The van der Waals surface area contributed by atoms with E-state index < -0.39 is 16.1 Å². The molecule has 3 rings (SSSR count). The molecule has 1 N–H and O–H groups in total. The quantitative estimate of drug-likeness (QED) is 0.342. The first kappa shape index (κ1) is 31.0. The van der Waals surface area contributed by atoms with Crippen LogP contribution in [0.25, 0.3) is 0 Å². The van der Waals surface area contributed by atoms with E-state index >= 15 is 0 Å². The molecule has 1 saturated carbocycles. The van der Waals surface area contributed by atoms with Gasteiger partial charge in [0.1, 0.15) is 6.04 Å². The van der Waals surface area contributed by atoms with E-state index in [2.05, 4.69) is 5.32 Å². The second-order valence-electron chi connectivity index (χ2n) is 10.5. The normalized spacial score (nSPS) is 15.0. The van der Waals surface area contributed by atoms with E-state index in [-0.39, 0.29) is 30.8 Å². The van der Waals surface area contributed by atoms with Gasteiger partial charge in [0.2, 0.25) is 21.8 Å². The molecule has 214 valence electrons. The molecule has 1 atom stereocenters. The van der Waals surface area contributed by atoms with Crippen molar-refractivity contribution in [3.8, 4) is 0 Å². The van der Waals surface area contributed by atoms with Crippen molar-refractivity contribution in [1.82, 2.24) is 10.2 Å². The van der Waals surface area contributed by atoms with Crippen LogP contribution in [0.2, 0.25) is 5.02 Å². The monoisotopic (exact) mass is 575 g/mol. The third-order valence-corrected chi connectivity index (χ3v) is 8.83. The maximum atomic E-state index is 13.6. The fourth-order valence-electron chi connectivity index (χ4n) is 5.27. The first-order chi connectivity index (χ1) is 18.6. The molecule has 7 nitrogen and oxygen atoms in total. The SMILES string of the molecule is CCC(C(=O)NC1CCCCC1)N(CCc1ccccc1)C(=O)CCCN(c1cc(Cl)ccc1C)S(C)(=O)=O. The lowest BCUT2D eigenvalue weighted by Gasteiger charge is -2.33. The number of aryl methyl sites for hydroxylation is 1. The van der Waals surface area contributed by atoms with Gasteiger partial charge < -0.3 is 10.2 Å². The van der Waals surface area contributed by atoms with Crippen molar-refractivity contribution in [2.75, 3.05) is 23.7 Å². The number of sulfonamides is 1. The first-order valence-corrected chi connectivity index (χ1v) is 16.2. The van der Waals surface area contributed by atoms with Crippen LogP contribution in [0.1, 0.15) is 69.4 Å². The summed E-state index contributed by atoms with van der Waals surface area (Å²) in [6.45, 7) is 4.32. The van der Waals surface area contributed by atoms with Crippen LogP contribution in [0.5, 0.6) is 0 Å². The predicted molar refractivity (Wildman–Crippen MR) is 159 cm³/mol. The third kappa shape index (κ3) is 9.24. The summed E-state index contributed by atoms with van der Waals surface area (Å²) in [5.41, 5.74) is 2.39. The van der Waals surface area contributed by atoms with Gasteiger partial charge in [0, 0.05) is 30.6 Å². The van der Waals surface area contributed by atoms with Gasteiger partial charge >= 0.3 is 0 Å². The summed E-state index contributed by atoms with van der Waals surface area (Å²) in [4.78, 5) is 28.7. The number of carbonyl (C=O) groups is 2. The highest BCUT2D eigenvalue weighted by Crippen LogP contribution is 2.27. The highest BCUT2D eigenvalue weighted by Gasteiger charge is 2.30. The highest BCUT2D eigenvalue weighted by molar-refractivity contribution is 7.92. The molecule has 1 unspecified atom stereocenters. The predicted octanol–water partition coefficient (Wildman–Crippen LogP) is 5.49. The van der Waals surface area contributed by atoms with Crippen LogP contribution in [-0.4, -0.2) is 56.6 Å². The molecule has 0 aliphatic heterocycles. The maximum absolute atomic E-state index is 13.6. The largest absolute Gasteiger partial charge is 0.352 e. The van der Waals surface area contributed by atoms with E-state index in [0.717, 1.165) is 43.1 Å². The Morgan fingerprint density at radius 2 is 1.74 bits per heavy atom. The van der Waals surface area contributed by atoms with Crippen LogP contribution in [0.4, 0.5) is 5.69 Å². The van der Waals surface area contributed by atoms with Crippen LogP contribution in [0.15, 0.2) is 48.5 Å². The van der Waals surface area contributed by atoms with E-state index in [4.69, 9.17) is 11.6 Å². The molecule has 2 amide bonds. The van der Waals surface area contributed by atoms with Gasteiger partial charge in [-0.1, -0.05) is 74.2 Å². The fourth-order valence-corrected chi connectivity index (χ4v) is 6.45. The number of nitrogens with zero attached hydrogens (tertiary/aromatic N) is 2. The van der Waals surface area contributed by atoms with E-state index in [9.17, 15) is 18.0 Å². The molecule has 1 aliphatic carbocycles. The number of hydrogen-bond acceptors (Lipinski definition) is 4. The van der Waals surface area contributed by atoms with Gasteiger partial charge in [0.05, 0.1) is 11.9 Å². The molecule has 0 radical (unpaired) electrons. The molecule has 0 heterocycles. The Balaban J connectivity index is 1.73. The van der Waals surface area contributed by atoms with Crippen molar-refractivity contribution >= 4 is 39.1 Å². The lowest BCUT2D eigenvalue weighted by Crippen LogP contribution is -2.52. The second kappa shape index (κ2) is 14.7. The number of anilines is 1. The standard InChI is InChI=1S/C30H42ClN3O4S/c1-4-27(30(36)32-26-14-9-6-10-15-26)33(21-19-24-12-7-5-8-13-24)29(35)16-11-20-34(39(3,37)38)28-22-25(31)18-17-23(28)2/h5,7-8,12-13,17-18,22,26-27H,4,6,9-11,14-16,19-21H2,1-3H3,(H,32,36). The van der Waals surface area contributed by atoms with Gasteiger partial charge in [-0.05, 0) is 62.3 Å². The van der Waals surface area contributed by atoms with Crippen LogP contribution in [-0.2, 0) is 26.0 Å². The zero-order valence-electron chi connectivity index (χ0n) is 23.4. The Kier molecular flexibility index (Phi) is 11.7. The summed E-state index contributed by atoms with van der Waals surface area (Å²) in [6.07, 6.45) is 8.13. The summed E-state index contributed by atoms with van der Waals surface area (Å²) in [6, 6.07) is 14.6. The van der Waals surface area contributed by atoms with E-state index in [0.29, 0.717) is 36.5 Å². The maximum Gasteiger partial charge on any atom is 0.243 e. The zero-order valence-corrected chi connectivity index (χ0v) is 24.9. The van der Waals surface area contributed by atoms with Gasteiger partial charge in [0.25, 0.3) is 0 Å². The van der Waals surface area contributed by atoms with Crippen molar-refractivity contribution in [2.24, 2.45) is 0 Å². The lowest BCUT2D eigenvalue weighted by atomic mass is 9.95. The Morgan fingerprint density at radius 3 is 2.38 bits per heavy atom. The molecular formula is C30H42ClN3O4S. The molecule has 2 aromatic rings. The van der Waals surface area contributed by atoms with Crippen molar-refractivity contribution < 1.29 is 18.0 Å². The second-order valence-corrected chi connectivity index (χ2v) is 12.8. The molecule has 1 aliphatic rings. The lowest BCUT2D eigenvalue weighted by molar-refractivity contribution is -0.141. The molecule has 1 fully saturated rings. The number of benzene rings is 2. The Morgan fingerprint density at radius 1 is 1.05 bits per heavy atom. The molecule has 0 saturated heterocycles. The molecular weight excluding hydrogens is 534 g/mol. The van der Waals surface area contributed by atoms with E-state index in [1.165, 1.54) is 10.7 Å². The Labute approximate surface area is 239 Å². The van der Waals surface area contributed by atoms with Crippen molar-refractivity contribution in [3.63, 3.8) is 0 Å². The summed E-state index contributed by atoms with van der Waals surface area (Å²) in [5.74, 6) is -0.244. The average Bonchev–Trinajstić information content (AvgIpc) is 2.91. The summed E-state index contributed by atoms with van der Waals surface area (Å²) in [7, 11) is -3.59. The number of amides is 2. The van der Waals surface area contributed by atoms with Crippen LogP contribution in [0, 0.1) is 6.92 Å². The number of nitrogens with one attached hydrogen (secondary N) is 1. The topological polar surface area (TPSA) is 86.8 Å². The van der Waals surface area contributed by atoms with Gasteiger partial charge in [-0.25, -0.2) is 8.42 Å². The molecule has 0 spiro atoms. The summed E-state index contributed by atoms with van der Waals surface area (Å²) in [5, 5.41) is 3.64. The van der Waals surface area contributed by atoms with E-state index in [1.54, 1.807) is 23.1 Å². The summed E-state index contributed by atoms with van der Waals surface area (Å²) < 4.78 is 26.6. The van der Waals surface area contributed by atoms with E-state index in [1.807, 2.05) is 44.2 Å². The van der Waals surface area contributed by atoms with Crippen LogP contribution >= 0.6 is 11.6 Å². The average molecular weight is 576 g/mol. The number of carbonyl (C=O) groups excluding carboxylic acids is 2. The molecule has 0 aromatic heterocycles. The van der Waals surface area contributed by atoms with Crippen molar-refractivity contribution in [3.05, 3.63) is 64.7 Å². The number of hydrogen-bond donors (Lipinski definition) is 1. The molecule has 39 heavy (non-hydrogen) atoms. The van der Waals surface area contributed by atoms with Crippen LogP contribution in [0.3, 0.4) is 0 Å². The van der Waals surface area contributed by atoms with Gasteiger partial charge in [-0.2, -0.15) is 0 Å². The number of halogens is 1. The molecule has 9 heteroatoms. The molecule has 0 bridgehead atoms. The van der Waals surface area contributed by atoms with Gasteiger partial charge in [-0.15, -0.1) is 0 Å². The van der Waals surface area contributed by atoms with Crippen molar-refractivity contribution in [1.29, 1.82) is 0 Å². The van der Waals surface area contributed by atoms with Crippen LogP contribution < -0.4 is 9.62 Å². The summed E-state index contributed by atoms with van der Waals surface area (Å²) >= 11 is 6.15. The minimum absolute atomic E-state index is 0.0990. The zero-order chi connectivity index (χ0) is 28.4. The minimum atomic E-state index is -3.59. The Bertz CT molecular complexity index is 1200. The minimum Gasteiger partial charge on any atom is -0.352 e. The van der Waals surface area contributed by atoms with Gasteiger partial charge in [0.15, 0.2) is 0 Å². The number of rotatable bonds is 13. The Hall–Kier alpha value is -2.58. The van der Waals surface area contributed by atoms with Gasteiger partial charge in [-0.3, -0.25) is 13.9 Å².